The Hall–Kier alpha value is -3.16. The summed E-state index contributed by atoms with van der Waals surface area (Å²) in [6.07, 6.45) is 1.44. The molecule has 0 aromatic heterocycles. The molecule has 2 aromatic carbocycles. The molecule has 0 saturated carbocycles. The van der Waals surface area contributed by atoms with Gasteiger partial charge in [0.05, 0.1) is 29.2 Å². The van der Waals surface area contributed by atoms with Gasteiger partial charge in [0.2, 0.25) is 0 Å². The number of hydrogen-bond donors (Lipinski definition) is 1. The molecule has 4 rings (SSSR count). The Balaban J connectivity index is 1.89. The van der Waals surface area contributed by atoms with Crippen LogP contribution >= 0.6 is 35.0 Å². The molecule has 0 saturated heterocycles. The number of carbonyl (C=O) groups excluding carboxylic acids is 1. The standard InChI is InChI=1S/C22H12Cl2N4OS/c23-14-5-1-12(2-6-14)18-9-19(29)28-21(27)16(10-25)20(17(11-26)22(28)30-18)13-3-7-15(24)8-4-13/h1-9,20H,27H2. The molecule has 2 aliphatic heterocycles. The van der Waals surface area contributed by atoms with Crippen LogP contribution in [0.4, 0.5) is 0 Å². The lowest BCUT2D eigenvalue weighted by Crippen LogP contribution is -2.39. The fraction of sp³-hybridized carbons (Fsp3) is 0.0455. The fourth-order valence-corrected chi connectivity index (χ4v) is 4.80. The molecule has 1 atom stereocenters. The van der Waals surface area contributed by atoms with Crippen LogP contribution < -0.4 is 5.73 Å². The number of halogens is 2. The highest BCUT2D eigenvalue weighted by Gasteiger charge is 2.40. The summed E-state index contributed by atoms with van der Waals surface area (Å²) in [6, 6.07) is 18.2. The van der Waals surface area contributed by atoms with Crippen molar-refractivity contribution in [2.75, 3.05) is 0 Å². The molecule has 0 aliphatic carbocycles. The van der Waals surface area contributed by atoms with E-state index in [1.807, 2.05) is 0 Å². The number of thioether (sulfide) groups is 1. The maximum atomic E-state index is 12.9. The molecule has 0 radical (unpaired) electrons. The topological polar surface area (TPSA) is 93.9 Å². The zero-order valence-electron chi connectivity index (χ0n) is 15.3. The van der Waals surface area contributed by atoms with Gasteiger partial charge in [-0.25, -0.2) is 0 Å². The molecule has 2 N–H and O–H groups in total. The molecular formula is C22H12Cl2N4OS. The minimum absolute atomic E-state index is 0.0235. The van der Waals surface area contributed by atoms with Gasteiger partial charge in [0.1, 0.15) is 10.9 Å². The van der Waals surface area contributed by atoms with E-state index >= 15 is 0 Å². The monoisotopic (exact) mass is 450 g/mol. The summed E-state index contributed by atoms with van der Waals surface area (Å²) in [4.78, 5) is 14.8. The maximum absolute atomic E-state index is 12.9. The molecule has 2 aliphatic rings. The number of hydrogen-bond acceptors (Lipinski definition) is 5. The lowest BCUT2D eigenvalue weighted by Gasteiger charge is -2.36. The zero-order chi connectivity index (χ0) is 21.4. The molecular weight excluding hydrogens is 439 g/mol. The second-order valence-electron chi connectivity index (χ2n) is 6.52. The predicted octanol–water partition coefficient (Wildman–Crippen LogP) is 5.14. The highest BCUT2D eigenvalue weighted by Crippen LogP contribution is 2.49. The van der Waals surface area contributed by atoms with Gasteiger partial charge in [-0.3, -0.25) is 9.69 Å². The molecule has 1 unspecified atom stereocenters. The lowest BCUT2D eigenvalue weighted by atomic mass is 9.83. The van der Waals surface area contributed by atoms with E-state index in [1.54, 1.807) is 48.5 Å². The van der Waals surface area contributed by atoms with Crippen molar-refractivity contribution >= 4 is 45.8 Å². The molecule has 1 amide bonds. The molecule has 30 heavy (non-hydrogen) atoms. The van der Waals surface area contributed by atoms with Gasteiger partial charge in [-0.1, -0.05) is 59.2 Å². The normalized spacial score (nSPS) is 18.5. The van der Waals surface area contributed by atoms with Crippen LogP contribution in [-0.2, 0) is 4.79 Å². The number of amides is 1. The first-order chi connectivity index (χ1) is 14.4. The second kappa shape index (κ2) is 7.93. The average molecular weight is 451 g/mol. The third-order valence-electron chi connectivity index (χ3n) is 4.78. The van der Waals surface area contributed by atoms with Gasteiger partial charge in [0.25, 0.3) is 5.91 Å². The molecule has 5 nitrogen and oxygen atoms in total. The molecule has 0 spiro atoms. The van der Waals surface area contributed by atoms with Crippen molar-refractivity contribution < 1.29 is 4.79 Å². The number of nitriles is 2. The number of nitrogens with zero attached hydrogens (tertiary/aromatic N) is 3. The van der Waals surface area contributed by atoms with Crippen molar-refractivity contribution in [2.45, 2.75) is 5.92 Å². The number of nitrogens with two attached hydrogens (primary N) is 1. The van der Waals surface area contributed by atoms with Crippen molar-refractivity contribution in [1.29, 1.82) is 10.5 Å². The SMILES string of the molecule is N#CC1=C(N)N2C(=O)C=C(c3ccc(Cl)cc3)SC2=C(C#N)C1c1ccc(Cl)cc1. The highest BCUT2D eigenvalue weighted by atomic mass is 35.5. The number of rotatable bonds is 2. The van der Waals surface area contributed by atoms with E-state index in [2.05, 4.69) is 12.1 Å². The van der Waals surface area contributed by atoms with Gasteiger partial charge < -0.3 is 5.73 Å². The van der Waals surface area contributed by atoms with Crippen LogP contribution in [-0.4, -0.2) is 10.8 Å². The number of allylic oxidation sites excluding steroid dienone is 2. The highest BCUT2D eigenvalue weighted by molar-refractivity contribution is 8.11. The molecule has 2 heterocycles. The molecule has 146 valence electrons. The average Bonchev–Trinajstić information content (AvgIpc) is 2.74. The predicted molar refractivity (Wildman–Crippen MR) is 118 cm³/mol. The van der Waals surface area contributed by atoms with Crippen LogP contribution in [0.5, 0.6) is 0 Å². The van der Waals surface area contributed by atoms with Crippen molar-refractivity contribution in [1.82, 2.24) is 4.90 Å². The second-order valence-corrected chi connectivity index (χ2v) is 8.42. The van der Waals surface area contributed by atoms with Gasteiger partial charge >= 0.3 is 0 Å². The van der Waals surface area contributed by atoms with Gasteiger partial charge in [-0.2, -0.15) is 10.5 Å². The minimum atomic E-state index is -0.687. The first-order valence-corrected chi connectivity index (χ1v) is 10.3. The van der Waals surface area contributed by atoms with E-state index in [9.17, 15) is 15.3 Å². The Kier molecular flexibility index (Phi) is 5.32. The van der Waals surface area contributed by atoms with Gasteiger partial charge in [-0.05, 0) is 35.4 Å². The third-order valence-corrected chi connectivity index (χ3v) is 6.46. The van der Waals surface area contributed by atoms with Crippen molar-refractivity contribution in [2.24, 2.45) is 5.73 Å². The van der Waals surface area contributed by atoms with Crippen molar-refractivity contribution in [3.05, 3.63) is 97.8 Å². The number of benzene rings is 2. The van der Waals surface area contributed by atoms with Crippen LogP contribution in [0.2, 0.25) is 10.0 Å². The quantitative estimate of drug-likeness (QED) is 0.683. The van der Waals surface area contributed by atoms with Crippen molar-refractivity contribution in [3.8, 4) is 12.1 Å². The number of fused-ring (bicyclic) bond motifs is 1. The first-order valence-electron chi connectivity index (χ1n) is 8.73. The van der Waals surface area contributed by atoms with Crippen LogP contribution in [0.25, 0.3) is 4.91 Å². The van der Waals surface area contributed by atoms with Crippen molar-refractivity contribution in [3.63, 3.8) is 0 Å². The van der Waals surface area contributed by atoms with E-state index in [-0.39, 0.29) is 17.0 Å². The van der Waals surface area contributed by atoms with E-state index in [0.717, 1.165) is 5.56 Å². The minimum Gasteiger partial charge on any atom is -0.384 e. The fourth-order valence-electron chi connectivity index (χ4n) is 3.37. The Morgan fingerprint density at radius 1 is 0.933 bits per heavy atom. The summed E-state index contributed by atoms with van der Waals surface area (Å²) in [5, 5.41) is 21.3. The van der Waals surface area contributed by atoms with Crippen LogP contribution in [0.1, 0.15) is 17.0 Å². The van der Waals surface area contributed by atoms with Crippen LogP contribution in [0.3, 0.4) is 0 Å². The smallest absolute Gasteiger partial charge is 0.258 e. The van der Waals surface area contributed by atoms with Crippen LogP contribution in [0, 0.1) is 22.7 Å². The Labute approximate surface area is 187 Å². The van der Waals surface area contributed by atoms with Gasteiger partial charge in [0, 0.05) is 21.0 Å². The summed E-state index contributed by atoms with van der Waals surface area (Å²) in [5.74, 6) is -1.08. The summed E-state index contributed by atoms with van der Waals surface area (Å²) in [5.41, 5.74) is 8.16. The van der Waals surface area contributed by atoms with Gasteiger partial charge in [0.15, 0.2) is 0 Å². The first kappa shape index (κ1) is 20.1. The largest absolute Gasteiger partial charge is 0.384 e. The van der Waals surface area contributed by atoms with Crippen LogP contribution in [0.15, 0.2) is 76.6 Å². The molecule has 2 aromatic rings. The molecule has 0 fully saturated rings. The van der Waals surface area contributed by atoms with Gasteiger partial charge in [-0.15, -0.1) is 0 Å². The van der Waals surface area contributed by atoms with E-state index in [0.29, 0.717) is 25.5 Å². The van der Waals surface area contributed by atoms with E-state index in [1.165, 1.54) is 22.7 Å². The summed E-state index contributed by atoms with van der Waals surface area (Å²) in [7, 11) is 0. The zero-order valence-corrected chi connectivity index (χ0v) is 17.6. The number of carbonyl (C=O) groups is 1. The molecule has 8 heteroatoms. The summed E-state index contributed by atoms with van der Waals surface area (Å²) >= 11 is 13.2. The Morgan fingerprint density at radius 3 is 2.07 bits per heavy atom. The summed E-state index contributed by atoms with van der Waals surface area (Å²) < 4.78 is 0. The summed E-state index contributed by atoms with van der Waals surface area (Å²) in [6.45, 7) is 0. The van der Waals surface area contributed by atoms with E-state index in [4.69, 9.17) is 28.9 Å². The third kappa shape index (κ3) is 3.36. The lowest BCUT2D eigenvalue weighted by molar-refractivity contribution is -0.122. The van der Waals surface area contributed by atoms with E-state index < -0.39 is 11.8 Å². The Bertz CT molecular complexity index is 1230. The maximum Gasteiger partial charge on any atom is 0.258 e. The Morgan fingerprint density at radius 2 is 1.50 bits per heavy atom. The molecule has 0 bridgehead atoms.